The van der Waals surface area contributed by atoms with Crippen molar-refractivity contribution >= 4 is 33.0 Å². The molecule has 1 N–H and O–H groups in total. The second-order valence-corrected chi connectivity index (χ2v) is 9.38. The number of hydrogen-bond donors (Lipinski definition) is 1. The van der Waals surface area contributed by atoms with E-state index in [-0.39, 0.29) is 22.4 Å². The van der Waals surface area contributed by atoms with Crippen LogP contribution in [0.25, 0.3) is 0 Å². The number of carboxylic acids is 1. The Morgan fingerprint density at radius 2 is 2.12 bits per heavy atom. The zero-order chi connectivity index (χ0) is 18.7. The molecule has 1 saturated heterocycles. The van der Waals surface area contributed by atoms with Crippen LogP contribution < -0.4 is 4.31 Å². The minimum Gasteiger partial charge on any atom is -0.478 e. The minimum absolute atomic E-state index is 0.0502. The van der Waals surface area contributed by atoms with Crippen molar-refractivity contribution in [3.63, 3.8) is 0 Å². The maximum atomic E-state index is 13.1. The zero-order valence-corrected chi connectivity index (χ0v) is 15.9. The zero-order valence-electron chi connectivity index (χ0n) is 14.3. The summed E-state index contributed by atoms with van der Waals surface area (Å²) in [6.07, 6.45) is 3.90. The predicted octanol–water partition coefficient (Wildman–Crippen LogP) is 2.91. The summed E-state index contributed by atoms with van der Waals surface area (Å²) in [6, 6.07) is 5.85. The SMILES string of the molecule is Cc1ncc(S(=O)(=O)N(CCC2CCCO2)c2ccc(C(=O)O)cc2)s1. The van der Waals surface area contributed by atoms with E-state index in [1.807, 2.05) is 0 Å². The molecule has 2 heterocycles. The van der Waals surface area contributed by atoms with E-state index in [0.29, 0.717) is 23.7 Å². The molecule has 3 rings (SSSR count). The van der Waals surface area contributed by atoms with Crippen LogP contribution in [0.2, 0.25) is 0 Å². The van der Waals surface area contributed by atoms with Gasteiger partial charge in [0.15, 0.2) is 4.21 Å². The van der Waals surface area contributed by atoms with E-state index in [2.05, 4.69) is 4.98 Å². The first-order valence-corrected chi connectivity index (χ1v) is 10.5. The fourth-order valence-electron chi connectivity index (χ4n) is 2.86. The molecule has 1 aliphatic heterocycles. The topological polar surface area (TPSA) is 96.8 Å². The van der Waals surface area contributed by atoms with Crippen LogP contribution in [0, 0.1) is 6.92 Å². The maximum absolute atomic E-state index is 13.1. The van der Waals surface area contributed by atoms with Gasteiger partial charge in [0.05, 0.1) is 28.6 Å². The number of aryl methyl sites for hydroxylation is 1. The number of thiazole rings is 1. The number of aromatic nitrogens is 1. The van der Waals surface area contributed by atoms with Gasteiger partial charge in [-0.2, -0.15) is 0 Å². The molecule has 1 aliphatic rings. The molecule has 1 aromatic carbocycles. The highest BCUT2D eigenvalue weighted by Gasteiger charge is 2.28. The molecule has 1 fully saturated rings. The fourth-order valence-corrected chi connectivity index (χ4v) is 5.56. The van der Waals surface area contributed by atoms with Gasteiger partial charge in [0.2, 0.25) is 0 Å². The Morgan fingerprint density at radius 1 is 1.38 bits per heavy atom. The lowest BCUT2D eigenvalue weighted by Crippen LogP contribution is -2.33. The van der Waals surface area contributed by atoms with Crippen LogP contribution in [0.4, 0.5) is 5.69 Å². The van der Waals surface area contributed by atoms with Crippen LogP contribution in [0.5, 0.6) is 0 Å². The third-order valence-corrected chi connectivity index (χ3v) is 7.40. The molecule has 2 aromatic rings. The Kier molecular flexibility index (Phi) is 5.59. The van der Waals surface area contributed by atoms with E-state index in [0.717, 1.165) is 24.2 Å². The molecule has 9 heteroatoms. The Bertz CT molecular complexity index is 871. The highest BCUT2D eigenvalue weighted by atomic mass is 32.2. The van der Waals surface area contributed by atoms with Crippen LogP contribution in [-0.2, 0) is 14.8 Å². The van der Waals surface area contributed by atoms with Gasteiger partial charge < -0.3 is 9.84 Å². The van der Waals surface area contributed by atoms with E-state index in [1.54, 1.807) is 6.92 Å². The summed E-state index contributed by atoms with van der Waals surface area (Å²) >= 11 is 1.12. The van der Waals surface area contributed by atoms with Crippen molar-refractivity contribution in [2.75, 3.05) is 17.5 Å². The van der Waals surface area contributed by atoms with Gasteiger partial charge in [-0.15, -0.1) is 11.3 Å². The molecule has 0 amide bonds. The van der Waals surface area contributed by atoms with Gasteiger partial charge in [0.25, 0.3) is 10.0 Å². The van der Waals surface area contributed by atoms with Gasteiger partial charge in [-0.3, -0.25) is 4.31 Å². The number of hydrogen-bond acceptors (Lipinski definition) is 6. The van der Waals surface area contributed by atoms with Gasteiger partial charge in [-0.25, -0.2) is 18.2 Å². The number of anilines is 1. The van der Waals surface area contributed by atoms with Crippen LogP contribution >= 0.6 is 11.3 Å². The number of nitrogens with zero attached hydrogens (tertiary/aromatic N) is 2. The van der Waals surface area contributed by atoms with Crippen LogP contribution in [0.15, 0.2) is 34.7 Å². The first-order valence-electron chi connectivity index (χ1n) is 8.28. The smallest absolute Gasteiger partial charge is 0.335 e. The number of aromatic carboxylic acids is 1. The maximum Gasteiger partial charge on any atom is 0.335 e. The third-order valence-electron chi connectivity index (χ3n) is 4.22. The Labute approximate surface area is 156 Å². The molecule has 0 radical (unpaired) electrons. The third kappa shape index (κ3) is 4.05. The van der Waals surface area contributed by atoms with Crippen LogP contribution in [0.3, 0.4) is 0 Å². The Morgan fingerprint density at radius 3 is 2.65 bits per heavy atom. The standard InChI is InChI=1S/C17H20N2O5S2/c1-12-18-11-16(25-12)26(22,23)19(9-8-15-3-2-10-24-15)14-6-4-13(5-7-14)17(20)21/h4-7,11,15H,2-3,8-10H2,1H3,(H,20,21). The molecule has 1 unspecified atom stereocenters. The molecular formula is C17H20N2O5S2. The number of carbonyl (C=O) groups is 1. The molecule has 0 saturated carbocycles. The van der Waals surface area contributed by atoms with Gasteiger partial charge in [0.1, 0.15) is 0 Å². The number of sulfonamides is 1. The van der Waals surface area contributed by atoms with Crippen molar-refractivity contribution in [2.24, 2.45) is 0 Å². The van der Waals surface area contributed by atoms with Crippen molar-refractivity contribution in [2.45, 2.75) is 36.5 Å². The van der Waals surface area contributed by atoms with E-state index in [1.165, 1.54) is 34.8 Å². The molecule has 7 nitrogen and oxygen atoms in total. The highest BCUT2D eigenvalue weighted by Crippen LogP contribution is 2.29. The van der Waals surface area contributed by atoms with E-state index < -0.39 is 16.0 Å². The monoisotopic (exact) mass is 396 g/mol. The number of rotatable bonds is 7. The largest absolute Gasteiger partial charge is 0.478 e. The summed E-state index contributed by atoms with van der Waals surface area (Å²) in [5.74, 6) is -1.05. The molecule has 1 aromatic heterocycles. The second kappa shape index (κ2) is 7.73. The molecule has 0 spiro atoms. The molecular weight excluding hydrogens is 376 g/mol. The average molecular weight is 396 g/mol. The normalized spacial score (nSPS) is 17.3. The predicted molar refractivity (Wildman–Crippen MR) is 98.4 cm³/mol. The van der Waals surface area contributed by atoms with Crippen LogP contribution in [-0.4, -0.2) is 43.7 Å². The van der Waals surface area contributed by atoms with Crippen molar-refractivity contribution in [1.29, 1.82) is 0 Å². The van der Waals surface area contributed by atoms with E-state index in [9.17, 15) is 13.2 Å². The second-order valence-electron chi connectivity index (χ2n) is 6.05. The number of carboxylic acid groups (broad SMARTS) is 1. The number of benzene rings is 1. The van der Waals surface area contributed by atoms with Crippen molar-refractivity contribution in [3.05, 3.63) is 41.0 Å². The summed E-state index contributed by atoms with van der Waals surface area (Å²) in [6.45, 7) is 2.72. The molecule has 140 valence electrons. The summed E-state index contributed by atoms with van der Waals surface area (Å²) in [4.78, 5) is 15.1. The van der Waals surface area contributed by atoms with E-state index >= 15 is 0 Å². The summed E-state index contributed by atoms with van der Waals surface area (Å²) < 4.78 is 33.3. The first kappa shape index (κ1) is 18.8. The van der Waals surface area contributed by atoms with Crippen molar-refractivity contribution in [1.82, 2.24) is 4.98 Å². The lowest BCUT2D eigenvalue weighted by molar-refractivity contribution is 0.0697. The molecule has 1 atom stereocenters. The molecule has 0 aliphatic carbocycles. The average Bonchev–Trinajstić information content (AvgIpc) is 3.27. The molecule has 0 bridgehead atoms. The lowest BCUT2D eigenvalue weighted by Gasteiger charge is -2.25. The fraction of sp³-hybridized carbons (Fsp3) is 0.412. The summed E-state index contributed by atoms with van der Waals surface area (Å²) in [5, 5.41) is 9.72. The van der Waals surface area contributed by atoms with Gasteiger partial charge >= 0.3 is 5.97 Å². The summed E-state index contributed by atoms with van der Waals surface area (Å²) in [5.41, 5.74) is 0.540. The van der Waals surface area contributed by atoms with Gasteiger partial charge in [-0.05, 0) is 50.5 Å². The van der Waals surface area contributed by atoms with Crippen molar-refractivity contribution < 1.29 is 23.1 Å². The molecule has 26 heavy (non-hydrogen) atoms. The lowest BCUT2D eigenvalue weighted by atomic mass is 10.1. The first-order chi connectivity index (χ1) is 12.4. The Balaban J connectivity index is 1.91. The van der Waals surface area contributed by atoms with Crippen LogP contribution in [0.1, 0.15) is 34.6 Å². The van der Waals surface area contributed by atoms with Gasteiger partial charge in [-0.1, -0.05) is 0 Å². The van der Waals surface area contributed by atoms with Gasteiger partial charge in [0, 0.05) is 13.2 Å². The minimum atomic E-state index is -3.77. The Hall–Kier alpha value is -1.97. The van der Waals surface area contributed by atoms with Crippen molar-refractivity contribution in [3.8, 4) is 0 Å². The number of ether oxygens (including phenoxy) is 1. The highest BCUT2D eigenvalue weighted by molar-refractivity contribution is 7.94. The quantitative estimate of drug-likeness (QED) is 0.773. The van der Waals surface area contributed by atoms with E-state index in [4.69, 9.17) is 9.84 Å². The summed E-state index contributed by atoms with van der Waals surface area (Å²) in [7, 11) is -3.77.